The van der Waals surface area contributed by atoms with Crippen LogP contribution in [0.1, 0.15) is 12.0 Å². The molecule has 21 heavy (non-hydrogen) atoms. The minimum Gasteiger partial charge on any atom is -0.481 e. The maximum Gasteiger partial charge on any atom is 0.305 e. The van der Waals surface area contributed by atoms with Crippen molar-refractivity contribution in [2.24, 2.45) is 0 Å². The Morgan fingerprint density at radius 1 is 1.43 bits per heavy atom. The molecule has 2 rings (SSSR count). The smallest absolute Gasteiger partial charge is 0.305 e. The first kappa shape index (κ1) is 16.3. The van der Waals surface area contributed by atoms with E-state index >= 15 is 0 Å². The van der Waals surface area contributed by atoms with Gasteiger partial charge in [0.2, 0.25) is 10.0 Å². The number of aliphatic carboxylic acids is 1. The lowest BCUT2D eigenvalue weighted by Crippen LogP contribution is -2.48. The SMILES string of the molecule is O=C(O)CC1CSCCN1S(=O)(=O)CCc1ccncc1. The van der Waals surface area contributed by atoms with Crippen LogP contribution in [0.4, 0.5) is 0 Å². The lowest BCUT2D eigenvalue weighted by molar-refractivity contribution is -0.137. The van der Waals surface area contributed by atoms with E-state index in [4.69, 9.17) is 5.11 Å². The molecule has 0 aromatic carbocycles. The standard InChI is InChI=1S/C13H18N2O4S2/c16-13(17)9-12-10-20-7-6-15(12)21(18,19)8-3-11-1-4-14-5-2-11/h1-2,4-5,12H,3,6-10H2,(H,16,17). The summed E-state index contributed by atoms with van der Waals surface area (Å²) in [4.78, 5) is 14.8. The molecule has 1 saturated heterocycles. The van der Waals surface area contributed by atoms with Crippen LogP contribution >= 0.6 is 11.8 Å². The fraction of sp³-hybridized carbons (Fsp3) is 0.538. The number of thioether (sulfide) groups is 1. The van der Waals surface area contributed by atoms with Crippen molar-refractivity contribution in [2.75, 3.05) is 23.8 Å². The van der Waals surface area contributed by atoms with Gasteiger partial charge >= 0.3 is 5.97 Å². The molecular weight excluding hydrogens is 312 g/mol. The van der Waals surface area contributed by atoms with E-state index in [1.54, 1.807) is 36.3 Å². The summed E-state index contributed by atoms with van der Waals surface area (Å²) in [5.41, 5.74) is 0.912. The van der Waals surface area contributed by atoms with Gasteiger partial charge in [0.05, 0.1) is 12.2 Å². The van der Waals surface area contributed by atoms with E-state index in [0.29, 0.717) is 24.5 Å². The highest BCUT2D eigenvalue weighted by Gasteiger charge is 2.33. The predicted molar refractivity (Wildman–Crippen MR) is 81.8 cm³/mol. The molecule has 0 bridgehead atoms. The highest BCUT2D eigenvalue weighted by molar-refractivity contribution is 7.99. The van der Waals surface area contributed by atoms with Crippen molar-refractivity contribution in [2.45, 2.75) is 18.9 Å². The Kier molecular flexibility index (Phi) is 5.60. The van der Waals surface area contributed by atoms with Crippen LogP contribution in [0.3, 0.4) is 0 Å². The summed E-state index contributed by atoms with van der Waals surface area (Å²) in [5.74, 6) is 0.292. The third-order valence-electron chi connectivity index (χ3n) is 3.34. The van der Waals surface area contributed by atoms with Gasteiger partial charge in [0.15, 0.2) is 0 Å². The average Bonchev–Trinajstić information content (AvgIpc) is 2.46. The van der Waals surface area contributed by atoms with Crippen molar-refractivity contribution in [3.63, 3.8) is 0 Å². The molecule has 0 radical (unpaired) electrons. The molecule has 1 aliphatic heterocycles. The van der Waals surface area contributed by atoms with Crippen LogP contribution in [0.25, 0.3) is 0 Å². The summed E-state index contributed by atoms with van der Waals surface area (Å²) in [7, 11) is -3.44. The Labute approximate surface area is 128 Å². The zero-order valence-electron chi connectivity index (χ0n) is 11.5. The first-order valence-corrected chi connectivity index (χ1v) is 9.43. The number of hydrogen-bond donors (Lipinski definition) is 1. The van der Waals surface area contributed by atoms with Crippen molar-refractivity contribution in [1.82, 2.24) is 9.29 Å². The highest BCUT2D eigenvalue weighted by atomic mass is 32.2. The molecule has 0 spiro atoms. The second-order valence-electron chi connectivity index (χ2n) is 4.86. The van der Waals surface area contributed by atoms with E-state index in [9.17, 15) is 13.2 Å². The van der Waals surface area contributed by atoms with E-state index in [1.807, 2.05) is 0 Å². The molecule has 6 nitrogen and oxygen atoms in total. The van der Waals surface area contributed by atoms with E-state index in [1.165, 1.54) is 4.31 Å². The van der Waals surface area contributed by atoms with Gasteiger partial charge in [-0.25, -0.2) is 8.42 Å². The van der Waals surface area contributed by atoms with Crippen LogP contribution in [0.5, 0.6) is 0 Å². The lowest BCUT2D eigenvalue weighted by atomic mass is 10.2. The number of aromatic nitrogens is 1. The number of rotatable bonds is 6. The van der Waals surface area contributed by atoms with Gasteiger partial charge in [-0.15, -0.1) is 0 Å². The first-order valence-electron chi connectivity index (χ1n) is 6.67. The van der Waals surface area contributed by atoms with Gasteiger partial charge in [0, 0.05) is 36.5 Å². The number of aryl methyl sites for hydroxylation is 1. The molecule has 0 aliphatic carbocycles. The molecule has 2 heterocycles. The minimum absolute atomic E-state index is 0.00218. The predicted octanol–water partition coefficient (Wildman–Crippen LogP) is 0.846. The normalized spacial score (nSPS) is 20.3. The second kappa shape index (κ2) is 7.24. The van der Waals surface area contributed by atoms with Gasteiger partial charge in [0.1, 0.15) is 0 Å². The Morgan fingerprint density at radius 3 is 2.81 bits per heavy atom. The molecule has 1 fully saturated rings. The van der Waals surface area contributed by atoms with Crippen molar-refractivity contribution in [3.8, 4) is 0 Å². The molecule has 1 aromatic rings. The molecule has 1 unspecified atom stereocenters. The molecule has 1 aromatic heterocycles. The number of carboxylic acid groups (broad SMARTS) is 1. The fourth-order valence-corrected chi connectivity index (χ4v) is 5.25. The van der Waals surface area contributed by atoms with Gasteiger partial charge in [-0.2, -0.15) is 16.1 Å². The summed E-state index contributed by atoms with van der Waals surface area (Å²) >= 11 is 1.60. The van der Waals surface area contributed by atoms with Crippen molar-refractivity contribution >= 4 is 27.8 Å². The number of pyridine rings is 1. The Balaban J connectivity index is 2.04. The summed E-state index contributed by atoms with van der Waals surface area (Å²) in [5, 5.41) is 8.92. The number of hydrogen-bond acceptors (Lipinski definition) is 5. The third-order valence-corrected chi connectivity index (χ3v) is 6.35. The summed E-state index contributed by atoms with van der Waals surface area (Å²) in [6.07, 6.45) is 3.54. The summed E-state index contributed by atoms with van der Waals surface area (Å²) in [6, 6.07) is 3.13. The number of sulfonamides is 1. The zero-order valence-corrected chi connectivity index (χ0v) is 13.1. The second-order valence-corrected chi connectivity index (χ2v) is 8.05. The van der Waals surface area contributed by atoms with Crippen LogP contribution in [0, 0.1) is 0 Å². The molecule has 1 atom stereocenters. The molecule has 8 heteroatoms. The van der Waals surface area contributed by atoms with Crippen molar-refractivity contribution in [3.05, 3.63) is 30.1 Å². The van der Waals surface area contributed by atoms with Crippen LogP contribution < -0.4 is 0 Å². The number of carboxylic acids is 1. The summed E-state index contributed by atoms with van der Waals surface area (Å²) < 4.78 is 26.3. The van der Waals surface area contributed by atoms with Crippen LogP contribution in [-0.2, 0) is 21.2 Å². The van der Waals surface area contributed by atoms with E-state index in [-0.39, 0.29) is 12.2 Å². The van der Waals surface area contributed by atoms with Crippen LogP contribution in [-0.4, -0.2) is 58.6 Å². The van der Waals surface area contributed by atoms with E-state index < -0.39 is 22.0 Å². The van der Waals surface area contributed by atoms with Gasteiger partial charge in [0.25, 0.3) is 0 Å². The molecule has 116 valence electrons. The van der Waals surface area contributed by atoms with E-state index in [0.717, 1.165) is 5.56 Å². The first-order chi connectivity index (χ1) is 9.99. The monoisotopic (exact) mass is 330 g/mol. The van der Waals surface area contributed by atoms with Gasteiger partial charge in [-0.05, 0) is 24.1 Å². The minimum atomic E-state index is -3.44. The molecular formula is C13H18N2O4S2. The molecule has 0 saturated carbocycles. The third kappa shape index (κ3) is 4.69. The maximum absolute atomic E-state index is 12.5. The van der Waals surface area contributed by atoms with Crippen molar-refractivity contribution in [1.29, 1.82) is 0 Å². The van der Waals surface area contributed by atoms with Crippen LogP contribution in [0.15, 0.2) is 24.5 Å². The summed E-state index contributed by atoms with van der Waals surface area (Å²) in [6.45, 7) is 0.390. The Morgan fingerprint density at radius 2 is 2.14 bits per heavy atom. The van der Waals surface area contributed by atoms with E-state index in [2.05, 4.69) is 4.98 Å². The number of nitrogens with zero attached hydrogens (tertiary/aromatic N) is 2. The van der Waals surface area contributed by atoms with Crippen LogP contribution in [0.2, 0.25) is 0 Å². The van der Waals surface area contributed by atoms with Gasteiger partial charge in [-0.3, -0.25) is 9.78 Å². The molecule has 1 N–H and O–H groups in total. The number of carbonyl (C=O) groups is 1. The Bertz CT molecular complexity index is 577. The van der Waals surface area contributed by atoms with Gasteiger partial charge in [-0.1, -0.05) is 0 Å². The highest BCUT2D eigenvalue weighted by Crippen LogP contribution is 2.22. The van der Waals surface area contributed by atoms with Gasteiger partial charge < -0.3 is 5.11 Å². The fourth-order valence-electron chi connectivity index (χ4n) is 2.28. The average molecular weight is 330 g/mol. The molecule has 1 aliphatic rings. The topological polar surface area (TPSA) is 87.6 Å². The zero-order chi connectivity index (χ0) is 15.3. The largest absolute Gasteiger partial charge is 0.481 e. The Hall–Kier alpha value is -1.12. The lowest BCUT2D eigenvalue weighted by Gasteiger charge is -2.33. The molecule has 0 amide bonds. The quantitative estimate of drug-likeness (QED) is 0.832. The van der Waals surface area contributed by atoms with Crippen molar-refractivity contribution < 1.29 is 18.3 Å². The maximum atomic E-state index is 12.5.